The number of carboxylic acids is 2. The van der Waals surface area contributed by atoms with E-state index in [-0.39, 0.29) is 106 Å². The Hall–Kier alpha value is -2.59. The maximum absolute atomic E-state index is 12.4. The van der Waals surface area contributed by atoms with Crippen LogP contribution in [0.5, 0.6) is 0 Å². The number of nitrogens with zero attached hydrogens (tertiary/aromatic N) is 2. The van der Waals surface area contributed by atoms with Crippen molar-refractivity contribution in [3.05, 3.63) is 139 Å². The van der Waals surface area contributed by atoms with Crippen molar-refractivity contribution in [3.63, 3.8) is 0 Å². The van der Waals surface area contributed by atoms with E-state index < -0.39 is 48.8 Å². The van der Waals surface area contributed by atoms with Gasteiger partial charge in [-0.05, 0) is 60.0 Å². The number of carbonyl (C=O) groups excluding carboxylic acids is 3. The first-order valence-corrected chi connectivity index (χ1v) is 28.6. The number of carboxylic acid groups (broad SMARTS) is 2. The molecule has 426 valence electrons. The predicted octanol–water partition coefficient (Wildman–Crippen LogP) is 5.68. The van der Waals surface area contributed by atoms with Crippen LogP contribution in [-0.4, -0.2) is 67.6 Å². The third-order valence-corrected chi connectivity index (χ3v) is 14.3. The van der Waals surface area contributed by atoms with E-state index in [4.69, 9.17) is 51.1 Å². The molecule has 1 aromatic heterocycles. The number of benzene rings is 4. The standard InChI is InChI=1S/C31H55N3O6.2C14H11Cl2NO2.K.Na/c1-2-3-4-5-6-7-8-9-10-11-12-13-14-15-16-17-18-19-20-21-27(36)32-26-22-23-34(31(39)33-26)30-29(38)28(37)25(24-35)40-30;2*15-10-5-3-6-11(16)14(10)17-12-7-2-1-4-9(12)8-13(18)19;;/h22-23,25,28-30,35,37-38H,2-21,24H2,1H3,(H,32,33,36,39);2*1-7,17H,8H2,(H,18,19);;/q;;;2*+1/p-2/t25-,28-,29+,30-;;;;/m1..../s1. The van der Waals surface area contributed by atoms with Gasteiger partial charge in [0.05, 0.1) is 38.1 Å². The molecule has 6 rings (SSSR count). The number of aliphatic carboxylic acids is 2. The van der Waals surface area contributed by atoms with E-state index >= 15 is 0 Å². The van der Waals surface area contributed by atoms with Crippen molar-refractivity contribution < 1.29 is 126 Å². The largest absolute Gasteiger partial charge is 1.00 e. The molecule has 5 aromatic rings. The van der Waals surface area contributed by atoms with Gasteiger partial charge in [0, 0.05) is 48.8 Å². The smallest absolute Gasteiger partial charge is 0.550 e. The fourth-order valence-corrected chi connectivity index (χ4v) is 9.75. The van der Waals surface area contributed by atoms with Gasteiger partial charge in [-0.15, -0.1) is 0 Å². The molecule has 1 amide bonds. The van der Waals surface area contributed by atoms with Gasteiger partial charge in [0.15, 0.2) is 6.23 Å². The molecule has 4 atom stereocenters. The van der Waals surface area contributed by atoms with Crippen LogP contribution in [-0.2, 0) is 32.0 Å². The minimum atomic E-state index is -1.37. The van der Waals surface area contributed by atoms with Crippen LogP contribution in [0.2, 0.25) is 20.1 Å². The van der Waals surface area contributed by atoms with Crippen LogP contribution in [0.15, 0.2) is 102 Å². The van der Waals surface area contributed by atoms with Crippen molar-refractivity contribution in [2.45, 2.75) is 173 Å². The van der Waals surface area contributed by atoms with Crippen LogP contribution < -0.4 is 113 Å². The zero-order valence-corrected chi connectivity index (χ0v) is 54.6. The number of anilines is 5. The van der Waals surface area contributed by atoms with E-state index in [1.165, 1.54) is 115 Å². The number of para-hydroxylation sites is 4. The number of hydrogen-bond donors (Lipinski definition) is 6. The van der Waals surface area contributed by atoms with Crippen molar-refractivity contribution in [3.8, 4) is 0 Å². The molecule has 2 heterocycles. The number of amides is 1. The number of nitrogens with one attached hydrogen (secondary N) is 3. The number of aliphatic hydroxyl groups excluding tert-OH is 3. The molecule has 4 aromatic carbocycles. The zero-order chi connectivity index (χ0) is 56.7. The van der Waals surface area contributed by atoms with Gasteiger partial charge in [-0.1, -0.05) is 217 Å². The topological polar surface area (TPSA) is 238 Å². The van der Waals surface area contributed by atoms with E-state index in [2.05, 4.69) is 27.9 Å². The summed E-state index contributed by atoms with van der Waals surface area (Å²) in [5.74, 6) is -2.33. The van der Waals surface area contributed by atoms with E-state index in [0.29, 0.717) is 60.4 Å². The van der Waals surface area contributed by atoms with E-state index in [1.807, 2.05) is 0 Å². The van der Waals surface area contributed by atoms with Crippen molar-refractivity contribution in [1.29, 1.82) is 0 Å². The predicted molar refractivity (Wildman–Crippen MR) is 308 cm³/mol. The van der Waals surface area contributed by atoms with Gasteiger partial charge in [0.2, 0.25) is 5.91 Å². The third-order valence-electron chi connectivity index (χ3n) is 13.0. The monoisotopic (exact) mass is 1220 g/mol. The minimum Gasteiger partial charge on any atom is -0.550 e. The second-order valence-corrected chi connectivity index (χ2v) is 20.9. The zero-order valence-electron chi connectivity index (χ0n) is 46.4. The molecule has 21 heteroatoms. The van der Waals surface area contributed by atoms with Crippen molar-refractivity contribution >= 4 is 92.8 Å². The first kappa shape index (κ1) is 73.5. The van der Waals surface area contributed by atoms with Crippen LogP contribution in [0.4, 0.5) is 28.6 Å². The maximum Gasteiger partial charge on any atom is 1.00 e. The third kappa shape index (κ3) is 27.4. The van der Waals surface area contributed by atoms with Crippen molar-refractivity contribution in [2.75, 3.05) is 22.6 Å². The number of unbranched alkanes of at least 4 members (excludes halogenated alkanes) is 18. The summed E-state index contributed by atoms with van der Waals surface area (Å²) in [4.78, 5) is 49.9. The van der Waals surface area contributed by atoms with Crippen LogP contribution in [0, 0.1) is 0 Å². The summed E-state index contributed by atoms with van der Waals surface area (Å²) in [6.45, 7) is 1.79. The van der Waals surface area contributed by atoms with Crippen molar-refractivity contribution in [1.82, 2.24) is 9.55 Å². The number of aliphatic hydroxyl groups is 3. The second kappa shape index (κ2) is 42.2. The molecule has 1 fully saturated rings. The maximum atomic E-state index is 12.4. The molecule has 80 heavy (non-hydrogen) atoms. The minimum absolute atomic E-state index is 0. The first-order chi connectivity index (χ1) is 37.6. The van der Waals surface area contributed by atoms with Gasteiger partial charge in [-0.2, -0.15) is 4.98 Å². The quantitative estimate of drug-likeness (QED) is 0.0232. The Morgan fingerprint density at radius 1 is 0.588 bits per heavy atom. The Labute approximate surface area is 556 Å². The molecule has 0 spiro atoms. The molecule has 1 aliphatic heterocycles. The molecule has 0 saturated carbocycles. The van der Waals surface area contributed by atoms with Crippen molar-refractivity contribution in [2.24, 2.45) is 0 Å². The summed E-state index contributed by atoms with van der Waals surface area (Å²) in [6, 6.07) is 25.8. The molecule has 1 aliphatic rings. The number of carbonyl (C=O) groups is 3. The van der Waals surface area contributed by atoms with Crippen LogP contribution in [0.25, 0.3) is 0 Å². The normalized spacial score (nSPS) is 15.2. The van der Waals surface area contributed by atoms with Crippen LogP contribution in [0.3, 0.4) is 0 Å². The van der Waals surface area contributed by atoms with Gasteiger partial charge in [-0.3, -0.25) is 9.36 Å². The van der Waals surface area contributed by atoms with Crippen LogP contribution >= 0.6 is 46.4 Å². The summed E-state index contributed by atoms with van der Waals surface area (Å²) in [7, 11) is 0. The number of ether oxygens (including phenoxy) is 1. The van der Waals surface area contributed by atoms with Gasteiger partial charge in [0.1, 0.15) is 24.1 Å². The molecular formula is C59H75Cl4KN5NaO10. The Morgan fingerprint density at radius 2 is 0.975 bits per heavy atom. The van der Waals surface area contributed by atoms with Gasteiger partial charge < -0.3 is 55.8 Å². The summed E-state index contributed by atoms with van der Waals surface area (Å²) in [5.41, 5.74) is 2.88. The van der Waals surface area contributed by atoms with E-state index in [1.54, 1.807) is 84.9 Å². The Bertz CT molecular complexity index is 2530. The average Bonchev–Trinajstić information content (AvgIpc) is 3.81. The Balaban J connectivity index is 0.000000454. The first-order valence-electron chi connectivity index (χ1n) is 27.1. The Kier molecular flexibility index (Phi) is 38.8. The molecule has 1 saturated heterocycles. The molecule has 15 nitrogen and oxygen atoms in total. The molecule has 0 aliphatic carbocycles. The number of rotatable bonds is 31. The van der Waals surface area contributed by atoms with E-state index in [9.17, 15) is 44.7 Å². The molecule has 0 bridgehead atoms. The molecule has 0 radical (unpaired) electrons. The SMILES string of the molecule is CCCCCCCCCCCCCCCCCCCCCC(=O)Nc1ccn([C@@H]2O[C@H](CO)[C@@H](O)[C@@H]2O)c(=O)n1.O=C([O-])Cc1ccccc1Nc1c(Cl)cccc1Cl.O=C([O-])Cc1ccccc1Nc1c(Cl)cccc1Cl.[K+].[Na+]. The van der Waals surface area contributed by atoms with Gasteiger partial charge in [0.25, 0.3) is 0 Å². The fraction of sp³-hybridized carbons (Fsp3) is 0.475. The molecular weight excluding hydrogens is 1140 g/mol. The Morgan fingerprint density at radius 3 is 1.34 bits per heavy atom. The van der Waals surface area contributed by atoms with Gasteiger partial charge in [-0.25, -0.2) is 4.79 Å². The number of halogens is 4. The summed E-state index contributed by atoms with van der Waals surface area (Å²) in [5, 5.41) is 61.2. The average molecular weight is 1220 g/mol. The summed E-state index contributed by atoms with van der Waals surface area (Å²) < 4.78 is 6.40. The fourth-order valence-electron chi connectivity index (χ4n) is 8.76. The summed E-state index contributed by atoms with van der Waals surface area (Å²) >= 11 is 24.2. The van der Waals surface area contributed by atoms with E-state index in [0.717, 1.165) is 23.8 Å². The number of aromatic nitrogens is 2. The van der Waals surface area contributed by atoms with Crippen LogP contribution in [0.1, 0.15) is 153 Å². The number of hydrogen-bond acceptors (Lipinski definition) is 13. The molecule has 0 unspecified atom stereocenters. The second-order valence-electron chi connectivity index (χ2n) is 19.2. The summed E-state index contributed by atoms with van der Waals surface area (Å²) in [6.07, 6.45) is 21.4. The molecule has 6 N–H and O–H groups in total. The van der Waals surface area contributed by atoms with Gasteiger partial charge >= 0.3 is 86.6 Å².